The van der Waals surface area contributed by atoms with Gasteiger partial charge in [0.25, 0.3) is 0 Å². The first-order chi connectivity index (χ1) is 15.2. The molecule has 0 aliphatic carbocycles. The number of hydrogen-bond acceptors (Lipinski definition) is 5. The Balaban J connectivity index is 1.78. The summed E-state index contributed by atoms with van der Waals surface area (Å²) in [4.78, 5) is 14.5. The van der Waals surface area contributed by atoms with Gasteiger partial charge in [-0.05, 0) is 0 Å². The average Bonchev–Trinajstić information content (AvgIpc) is 3.15. The van der Waals surface area contributed by atoms with Crippen molar-refractivity contribution in [2.24, 2.45) is 0 Å². The first-order valence-electron chi connectivity index (χ1n) is 11.0. The number of aromatic nitrogens is 2. The van der Waals surface area contributed by atoms with Crippen molar-refractivity contribution >= 4 is 50.5 Å². The van der Waals surface area contributed by atoms with E-state index in [1.807, 2.05) is 6.07 Å². The van der Waals surface area contributed by atoms with Crippen LogP contribution in [0, 0.1) is 0 Å². The van der Waals surface area contributed by atoms with Crippen LogP contribution in [-0.4, -0.2) is 80.2 Å². The summed E-state index contributed by atoms with van der Waals surface area (Å²) in [6.45, 7) is 10.7. The molecule has 0 amide bonds. The molecule has 4 rings (SSSR count). The van der Waals surface area contributed by atoms with Gasteiger partial charge in [-0.1, -0.05) is 0 Å². The number of nitrogens with zero attached hydrogens (tertiary/aromatic N) is 2. The van der Waals surface area contributed by atoms with Crippen LogP contribution >= 0.6 is 0 Å². The van der Waals surface area contributed by atoms with E-state index in [0.717, 1.165) is 60.1 Å². The number of anilines is 1. The maximum absolute atomic E-state index is 12.0. The van der Waals surface area contributed by atoms with Crippen LogP contribution in [-0.2, 0) is 6.54 Å². The van der Waals surface area contributed by atoms with Crippen molar-refractivity contribution in [1.82, 2.24) is 20.0 Å². The third-order valence-electron chi connectivity index (χ3n) is 5.80. The molecule has 0 radical (unpaired) electrons. The van der Waals surface area contributed by atoms with Gasteiger partial charge in [0.2, 0.25) is 0 Å². The van der Waals surface area contributed by atoms with Gasteiger partial charge in [0.15, 0.2) is 0 Å². The van der Waals surface area contributed by atoms with Crippen molar-refractivity contribution in [2.75, 3.05) is 51.2 Å². The van der Waals surface area contributed by atoms with Gasteiger partial charge in [0.05, 0.1) is 0 Å². The molecule has 31 heavy (non-hydrogen) atoms. The summed E-state index contributed by atoms with van der Waals surface area (Å²) in [5.74, 6) is 0. The Kier molecular flexibility index (Phi) is 7.15. The molecule has 4 aromatic rings. The van der Waals surface area contributed by atoms with Crippen LogP contribution in [0.15, 0.2) is 35.1 Å². The molecule has 2 heterocycles. The number of aliphatic hydroxyl groups excluding tert-OH is 1. The predicted octanol–water partition coefficient (Wildman–Crippen LogP) is 2.03. The van der Waals surface area contributed by atoms with Gasteiger partial charge in [-0.15, -0.1) is 0 Å². The molecule has 2 aromatic heterocycles. The molecule has 0 unspecified atom stereocenters. The maximum atomic E-state index is 12.0. The van der Waals surface area contributed by atoms with Crippen molar-refractivity contribution < 1.29 is 5.11 Å². The van der Waals surface area contributed by atoms with E-state index in [1.54, 1.807) is 12.1 Å². The predicted molar refractivity (Wildman–Crippen MR) is 131 cm³/mol. The normalized spacial score (nSPS) is 12.0. The van der Waals surface area contributed by atoms with Crippen LogP contribution in [0.1, 0.15) is 13.8 Å². The first kappa shape index (κ1) is 22.1. The molecule has 4 N–H and O–H groups in total. The van der Waals surface area contributed by atoms with E-state index >= 15 is 0 Å². The fourth-order valence-corrected chi connectivity index (χ4v) is 6.67. The Morgan fingerprint density at radius 2 is 1.97 bits per heavy atom. The van der Waals surface area contributed by atoms with E-state index in [0.29, 0.717) is 6.54 Å². The van der Waals surface area contributed by atoms with E-state index in [1.165, 1.54) is 15.2 Å². The van der Waals surface area contributed by atoms with Crippen molar-refractivity contribution in [3.63, 3.8) is 0 Å². The van der Waals surface area contributed by atoms with Crippen LogP contribution < -0.4 is 16.1 Å². The Morgan fingerprint density at radius 1 is 1.13 bits per heavy atom. The molecule has 0 bridgehead atoms. The summed E-state index contributed by atoms with van der Waals surface area (Å²) >= 11 is 0.0576. The number of benzene rings is 2. The molecule has 0 aliphatic heterocycles. The van der Waals surface area contributed by atoms with Crippen LogP contribution in [0.4, 0.5) is 5.69 Å². The Hall–Kier alpha value is -2.09. The van der Waals surface area contributed by atoms with E-state index in [4.69, 9.17) is 5.11 Å². The third-order valence-corrected chi connectivity index (χ3v) is 8.29. The van der Waals surface area contributed by atoms with Crippen molar-refractivity contribution in [3.05, 3.63) is 40.6 Å². The van der Waals surface area contributed by atoms with Gasteiger partial charge in [0.1, 0.15) is 0 Å². The number of likely N-dealkylation sites (N-methyl/N-ethyl adjacent to an activating group) is 1. The second-order valence-corrected chi connectivity index (χ2v) is 9.87. The van der Waals surface area contributed by atoms with Crippen molar-refractivity contribution in [2.45, 2.75) is 20.4 Å². The minimum atomic E-state index is 0.0576. The van der Waals surface area contributed by atoms with Crippen LogP contribution in [0.5, 0.6) is 0 Å². The molecule has 0 aliphatic rings. The quantitative estimate of drug-likeness (QED) is 0.148. The Bertz CT molecular complexity index is 1220. The summed E-state index contributed by atoms with van der Waals surface area (Å²) < 4.78 is 4.70. The van der Waals surface area contributed by atoms with E-state index in [2.05, 4.69) is 51.3 Å². The monoisotopic (exact) mass is 489 g/mol. The number of aromatic amines is 1. The molecular weight excluding hydrogens is 457 g/mol. The fraction of sp³-hybridized carbons (Fsp3) is 0.435. The number of aliphatic hydroxyl groups is 1. The summed E-state index contributed by atoms with van der Waals surface area (Å²) in [5.41, 5.74) is 3.55. The van der Waals surface area contributed by atoms with Gasteiger partial charge in [-0.2, -0.15) is 0 Å². The van der Waals surface area contributed by atoms with Crippen LogP contribution in [0.2, 0.25) is 0 Å². The van der Waals surface area contributed by atoms with Crippen molar-refractivity contribution in [1.29, 1.82) is 0 Å². The summed E-state index contributed by atoms with van der Waals surface area (Å²) in [5, 5.41) is 21.8. The molecule has 166 valence electrons. The molecule has 0 spiro atoms. The summed E-state index contributed by atoms with van der Waals surface area (Å²) in [6, 6.07) is 9.81. The molecule has 2 aromatic carbocycles. The zero-order valence-corrected chi connectivity index (χ0v) is 19.9. The minimum absolute atomic E-state index is 0.0576. The Labute approximate surface area is 187 Å². The first-order valence-corrected chi connectivity index (χ1v) is 12.7. The zero-order valence-electron chi connectivity index (χ0n) is 18.2. The number of nitrogens with one attached hydrogen (secondary N) is 3. The Morgan fingerprint density at radius 3 is 2.74 bits per heavy atom. The number of fused-ring (bicyclic) bond motifs is 2. The van der Waals surface area contributed by atoms with E-state index < -0.39 is 0 Å². The molecular formula is C23H31N5O2Se. The van der Waals surface area contributed by atoms with Gasteiger partial charge in [-0.3, -0.25) is 0 Å². The number of rotatable bonds is 11. The molecule has 0 fully saturated rings. The van der Waals surface area contributed by atoms with Crippen LogP contribution in [0.3, 0.4) is 0 Å². The van der Waals surface area contributed by atoms with Gasteiger partial charge in [0, 0.05) is 0 Å². The molecule has 7 nitrogen and oxygen atoms in total. The molecule has 0 atom stereocenters. The molecule has 0 saturated carbocycles. The van der Waals surface area contributed by atoms with E-state index in [9.17, 15) is 4.79 Å². The average molecular weight is 488 g/mol. The number of hydrogen-bond donors (Lipinski definition) is 4. The number of H-pyrrole nitrogens is 1. The summed E-state index contributed by atoms with van der Waals surface area (Å²) in [7, 11) is 0. The fourth-order valence-electron chi connectivity index (χ4n) is 4.08. The third kappa shape index (κ3) is 4.59. The molecule has 8 heteroatoms. The topological polar surface area (TPSA) is 85.3 Å². The summed E-state index contributed by atoms with van der Waals surface area (Å²) in [6.07, 6.45) is 0. The second kappa shape index (κ2) is 10.0. The zero-order chi connectivity index (χ0) is 21.8. The van der Waals surface area contributed by atoms with Gasteiger partial charge < -0.3 is 0 Å². The second-order valence-electron chi connectivity index (χ2n) is 7.66. The van der Waals surface area contributed by atoms with Crippen LogP contribution in [0.25, 0.3) is 30.3 Å². The van der Waals surface area contributed by atoms with Gasteiger partial charge in [-0.25, -0.2) is 0 Å². The van der Waals surface area contributed by atoms with E-state index in [-0.39, 0.29) is 26.5 Å². The standard InChI is InChI=1S/C23H31N5O2Se/c1-3-27(4-2)12-13-28-19-8-7-18(25-10-9-24-11-14-29)23-21(19)22(26-28)17-6-5-16(30)15-20(17)31-23/h5-8,15,24-26,29H,3-4,9-14H2,1-2H3. The van der Waals surface area contributed by atoms with Gasteiger partial charge >= 0.3 is 188 Å². The molecule has 0 saturated heterocycles. The van der Waals surface area contributed by atoms with Crippen molar-refractivity contribution in [3.8, 4) is 0 Å². The SMILES string of the molecule is CCN(CC)CCn1[nH]c2c3ccc(=O)cc3[se]c3c(NCCNCCO)ccc1c32.